The van der Waals surface area contributed by atoms with Crippen LogP contribution in [0.15, 0.2) is 36.4 Å². The standard InChI is InChI=1S/C15H8ClN5/c16-11-5-4-9(7-17)13(6-11)21-12-3-1-2-10(8-18)14(12)20-15(21)19/h1-6H,(H2,19,20). The first kappa shape index (κ1) is 13.0. The van der Waals surface area contributed by atoms with Crippen LogP contribution in [-0.4, -0.2) is 9.55 Å². The van der Waals surface area contributed by atoms with Crippen LogP contribution in [-0.2, 0) is 0 Å². The Kier molecular flexibility index (Phi) is 2.98. The number of fused-ring (bicyclic) bond motifs is 1. The number of nitrogen functional groups attached to an aromatic ring is 1. The van der Waals surface area contributed by atoms with Crippen molar-refractivity contribution in [2.24, 2.45) is 0 Å². The van der Waals surface area contributed by atoms with Crippen LogP contribution in [0.1, 0.15) is 11.1 Å². The maximum absolute atomic E-state index is 9.25. The molecule has 0 aliphatic rings. The van der Waals surface area contributed by atoms with Crippen LogP contribution < -0.4 is 5.73 Å². The largest absolute Gasteiger partial charge is 0.369 e. The van der Waals surface area contributed by atoms with Gasteiger partial charge >= 0.3 is 0 Å². The van der Waals surface area contributed by atoms with Gasteiger partial charge in [-0.05, 0) is 30.3 Å². The molecule has 0 aliphatic carbocycles. The Morgan fingerprint density at radius 1 is 1.10 bits per heavy atom. The summed E-state index contributed by atoms with van der Waals surface area (Å²) in [5.74, 6) is 0.200. The summed E-state index contributed by atoms with van der Waals surface area (Å²) >= 11 is 6.02. The minimum Gasteiger partial charge on any atom is -0.369 e. The van der Waals surface area contributed by atoms with Crippen LogP contribution >= 0.6 is 11.6 Å². The summed E-state index contributed by atoms with van der Waals surface area (Å²) in [5, 5.41) is 18.9. The van der Waals surface area contributed by atoms with Crippen molar-refractivity contribution >= 4 is 28.6 Å². The van der Waals surface area contributed by atoms with E-state index in [0.717, 1.165) is 0 Å². The van der Waals surface area contributed by atoms with Crippen molar-refractivity contribution < 1.29 is 0 Å². The predicted octanol–water partition coefficient (Wildman–Crippen LogP) is 3.00. The summed E-state index contributed by atoms with van der Waals surface area (Å²) in [5.41, 5.74) is 8.53. The Balaban J connectivity index is 2.42. The van der Waals surface area contributed by atoms with Crippen LogP contribution in [0.25, 0.3) is 16.7 Å². The van der Waals surface area contributed by atoms with Crippen molar-refractivity contribution in [1.82, 2.24) is 9.55 Å². The maximum atomic E-state index is 9.25. The fourth-order valence-corrected chi connectivity index (χ4v) is 2.41. The van der Waals surface area contributed by atoms with Gasteiger partial charge in [-0.2, -0.15) is 10.5 Å². The Morgan fingerprint density at radius 3 is 2.57 bits per heavy atom. The van der Waals surface area contributed by atoms with E-state index in [2.05, 4.69) is 17.1 Å². The SMILES string of the molecule is N#Cc1ccc(Cl)cc1-n1c(N)nc2c(C#N)cccc21. The van der Waals surface area contributed by atoms with E-state index < -0.39 is 0 Å². The molecule has 5 nitrogen and oxygen atoms in total. The average Bonchev–Trinajstić information content (AvgIpc) is 2.82. The molecule has 0 amide bonds. The smallest absolute Gasteiger partial charge is 0.206 e. The summed E-state index contributed by atoms with van der Waals surface area (Å²) < 4.78 is 1.63. The van der Waals surface area contributed by atoms with E-state index in [4.69, 9.17) is 22.6 Å². The lowest BCUT2D eigenvalue weighted by atomic mass is 10.1. The topological polar surface area (TPSA) is 91.4 Å². The van der Waals surface area contributed by atoms with Gasteiger partial charge in [0.05, 0.1) is 22.3 Å². The van der Waals surface area contributed by atoms with E-state index in [1.807, 2.05) is 0 Å². The molecule has 100 valence electrons. The number of nitrogens with two attached hydrogens (primary N) is 1. The molecule has 0 radical (unpaired) electrons. The third kappa shape index (κ3) is 1.97. The van der Waals surface area contributed by atoms with Crippen molar-refractivity contribution in [2.75, 3.05) is 5.73 Å². The zero-order valence-electron chi connectivity index (χ0n) is 10.7. The Labute approximate surface area is 125 Å². The Morgan fingerprint density at radius 2 is 1.86 bits per heavy atom. The minimum atomic E-state index is 0.200. The van der Waals surface area contributed by atoms with Gasteiger partial charge in [0.1, 0.15) is 17.7 Å². The molecule has 0 fully saturated rings. The lowest BCUT2D eigenvalue weighted by Crippen LogP contribution is -2.02. The van der Waals surface area contributed by atoms with E-state index in [1.54, 1.807) is 41.0 Å². The molecule has 6 heteroatoms. The van der Waals surface area contributed by atoms with Crippen molar-refractivity contribution in [2.45, 2.75) is 0 Å². The van der Waals surface area contributed by atoms with Crippen LogP contribution in [0.5, 0.6) is 0 Å². The second-order valence-electron chi connectivity index (χ2n) is 4.36. The number of benzene rings is 2. The number of aromatic nitrogens is 2. The highest BCUT2D eigenvalue weighted by atomic mass is 35.5. The molecule has 3 aromatic rings. The molecular formula is C15H8ClN5. The number of halogens is 1. The van der Waals surface area contributed by atoms with Crippen LogP contribution in [0, 0.1) is 22.7 Å². The lowest BCUT2D eigenvalue weighted by Gasteiger charge is -2.09. The normalized spacial score (nSPS) is 10.2. The predicted molar refractivity (Wildman–Crippen MR) is 79.9 cm³/mol. The fourth-order valence-electron chi connectivity index (χ4n) is 2.24. The molecule has 0 bridgehead atoms. The number of nitrogens with zero attached hydrogens (tertiary/aromatic N) is 4. The van der Waals surface area contributed by atoms with Crippen molar-refractivity contribution in [3.8, 4) is 17.8 Å². The van der Waals surface area contributed by atoms with Gasteiger partial charge in [0.2, 0.25) is 5.95 Å². The molecule has 0 unspecified atom stereocenters. The molecule has 0 atom stereocenters. The highest BCUT2D eigenvalue weighted by molar-refractivity contribution is 6.30. The first-order chi connectivity index (χ1) is 10.2. The first-order valence-corrected chi connectivity index (χ1v) is 6.40. The zero-order chi connectivity index (χ0) is 15.0. The third-order valence-electron chi connectivity index (χ3n) is 3.15. The van der Waals surface area contributed by atoms with Crippen molar-refractivity contribution in [3.05, 3.63) is 52.5 Å². The summed E-state index contributed by atoms with van der Waals surface area (Å²) in [6, 6.07) is 14.3. The molecule has 0 aliphatic heterocycles. The molecule has 2 aromatic carbocycles. The second-order valence-corrected chi connectivity index (χ2v) is 4.80. The molecule has 21 heavy (non-hydrogen) atoms. The molecule has 1 heterocycles. The molecule has 2 N–H and O–H groups in total. The second kappa shape index (κ2) is 4.82. The quantitative estimate of drug-likeness (QED) is 0.746. The zero-order valence-corrected chi connectivity index (χ0v) is 11.5. The van der Waals surface area contributed by atoms with E-state index in [-0.39, 0.29) is 5.95 Å². The van der Waals surface area contributed by atoms with E-state index in [0.29, 0.717) is 32.9 Å². The van der Waals surface area contributed by atoms with E-state index in [1.165, 1.54) is 0 Å². The monoisotopic (exact) mass is 293 g/mol. The minimum absolute atomic E-state index is 0.200. The molecule has 1 aromatic heterocycles. The molecule has 3 rings (SSSR count). The summed E-state index contributed by atoms with van der Waals surface area (Å²) in [6.45, 7) is 0. The van der Waals surface area contributed by atoms with E-state index >= 15 is 0 Å². The number of hydrogen-bond donors (Lipinski definition) is 1. The number of imidazole rings is 1. The third-order valence-corrected chi connectivity index (χ3v) is 3.39. The Hall–Kier alpha value is -3.02. The first-order valence-electron chi connectivity index (χ1n) is 6.02. The number of anilines is 1. The lowest BCUT2D eigenvalue weighted by molar-refractivity contribution is 1.10. The van der Waals surface area contributed by atoms with Gasteiger partial charge < -0.3 is 5.73 Å². The molecule has 0 saturated heterocycles. The van der Waals surface area contributed by atoms with E-state index in [9.17, 15) is 5.26 Å². The summed E-state index contributed by atoms with van der Waals surface area (Å²) in [4.78, 5) is 4.23. The summed E-state index contributed by atoms with van der Waals surface area (Å²) in [7, 11) is 0. The average molecular weight is 294 g/mol. The number of hydrogen-bond acceptors (Lipinski definition) is 4. The molecular weight excluding hydrogens is 286 g/mol. The molecule has 0 spiro atoms. The maximum Gasteiger partial charge on any atom is 0.206 e. The Bertz CT molecular complexity index is 943. The molecule has 0 saturated carbocycles. The van der Waals surface area contributed by atoms with Gasteiger partial charge in [-0.3, -0.25) is 4.57 Å². The number of rotatable bonds is 1. The van der Waals surface area contributed by atoms with Crippen LogP contribution in [0.3, 0.4) is 0 Å². The summed E-state index contributed by atoms with van der Waals surface area (Å²) in [6.07, 6.45) is 0. The van der Waals surface area contributed by atoms with Gasteiger partial charge in [-0.1, -0.05) is 17.7 Å². The van der Waals surface area contributed by atoms with Crippen LogP contribution in [0.4, 0.5) is 5.95 Å². The number of para-hydroxylation sites is 1. The van der Waals surface area contributed by atoms with Gasteiger partial charge in [0, 0.05) is 5.02 Å². The van der Waals surface area contributed by atoms with Gasteiger partial charge in [0.15, 0.2) is 0 Å². The highest BCUT2D eigenvalue weighted by Crippen LogP contribution is 2.28. The van der Waals surface area contributed by atoms with Crippen LogP contribution in [0.2, 0.25) is 5.02 Å². The van der Waals surface area contributed by atoms with Crippen molar-refractivity contribution in [3.63, 3.8) is 0 Å². The number of nitriles is 2. The van der Waals surface area contributed by atoms with Gasteiger partial charge in [0.25, 0.3) is 0 Å². The van der Waals surface area contributed by atoms with Crippen molar-refractivity contribution in [1.29, 1.82) is 10.5 Å². The fraction of sp³-hybridized carbons (Fsp3) is 0. The highest BCUT2D eigenvalue weighted by Gasteiger charge is 2.15. The van der Waals surface area contributed by atoms with Gasteiger partial charge in [-0.25, -0.2) is 4.98 Å². The van der Waals surface area contributed by atoms with Gasteiger partial charge in [-0.15, -0.1) is 0 Å².